The Morgan fingerprint density at radius 1 is 1.05 bits per heavy atom. The molecule has 0 fully saturated rings. The molecule has 2 aromatic carbocycles. The van der Waals surface area contributed by atoms with Crippen LogP contribution in [0.5, 0.6) is 0 Å². The summed E-state index contributed by atoms with van der Waals surface area (Å²) >= 11 is 5.97. The molecule has 0 bridgehead atoms. The average molecular weight is 299 g/mol. The van der Waals surface area contributed by atoms with Gasteiger partial charge in [-0.05, 0) is 23.8 Å². The van der Waals surface area contributed by atoms with Crippen LogP contribution in [0.25, 0.3) is 0 Å². The second-order valence-corrected chi connectivity index (χ2v) is 4.68. The van der Waals surface area contributed by atoms with E-state index in [1.54, 1.807) is 54.6 Å². The molecule has 1 atom stereocenters. The lowest BCUT2D eigenvalue weighted by molar-refractivity contribution is -0.135. The van der Waals surface area contributed by atoms with Crippen molar-refractivity contribution >= 4 is 29.0 Å². The number of nitrogens with zero attached hydrogens (tertiary/aromatic N) is 1. The van der Waals surface area contributed by atoms with Crippen molar-refractivity contribution in [1.29, 1.82) is 5.26 Å². The Morgan fingerprint density at radius 2 is 1.67 bits per heavy atom. The molecule has 1 unspecified atom stereocenters. The first-order valence-corrected chi connectivity index (χ1v) is 6.55. The highest BCUT2D eigenvalue weighted by atomic mass is 35.5. The van der Waals surface area contributed by atoms with Crippen molar-refractivity contribution in [2.24, 2.45) is 0 Å². The van der Waals surface area contributed by atoms with Crippen molar-refractivity contribution in [2.75, 3.05) is 5.32 Å². The van der Waals surface area contributed by atoms with E-state index >= 15 is 0 Å². The zero-order valence-electron chi connectivity index (χ0n) is 10.9. The van der Waals surface area contributed by atoms with Crippen LogP contribution in [-0.4, -0.2) is 11.7 Å². The molecule has 0 saturated carbocycles. The van der Waals surface area contributed by atoms with E-state index in [-0.39, 0.29) is 5.02 Å². The lowest BCUT2D eigenvalue weighted by Crippen LogP contribution is -2.27. The summed E-state index contributed by atoms with van der Waals surface area (Å²) in [4.78, 5) is 24.1. The molecule has 0 radical (unpaired) electrons. The molecule has 21 heavy (non-hydrogen) atoms. The Hall–Kier alpha value is -2.64. The van der Waals surface area contributed by atoms with Gasteiger partial charge in [0.05, 0.1) is 6.07 Å². The zero-order chi connectivity index (χ0) is 15.2. The van der Waals surface area contributed by atoms with E-state index in [4.69, 9.17) is 11.6 Å². The Labute approximate surface area is 127 Å². The minimum atomic E-state index is -1.22. The first kappa shape index (κ1) is 14.8. The van der Waals surface area contributed by atoms with E-state index in [0.717, 1.165) is 0 Å². The van der Waals surface area contributed by atoms with Gasteiger partial charge in [-0.15, -0.1) is 0 Å². The number of carbonyl (C=O) groups is 2. The average Bonchev–Trinajstić information content (AvgIpc) is 2.50. The van der Waals surface area contributed by atoms with Crippen LogP contribution in [0.3, 0.4) is 0 Å². The van der Waals surface area contributed by atoms with Gasteiger partial charge in [0.2, 0.25) is 5.78 Å². The molecule has 4 nitrogen and oxygen atoms in total. The maximum Gasteiger partial charge on any atom is 0.293 e. The second-order valence-electron chi connectivity index (χ2n) is 4.27. The molecular weight excluding hydrogens is 288 g/mol. The number of rotatable bonds is 4. The molecule has 0 aliphatic rings. The number of carbonyl (C=O) groups excluding carboxylic acids is 2. The summed E-state index contributed by atoms with van der Waals surface area (Å²) in [6.07, 6.45) is 0. The number of Topliss-reactive ketones (excluding diaryl/α,β-unsaturated/α-hetero) is 1. The van der Waals surface area contributed by atoms with Gasteiger partial charge in [0.15, 0.2) is 0 Å². The fraction of sp³-hybridized carbons (Fsp3) is 0.0625. The molecule has 0 aromatic heterocycles. The van der Waals surface area contributed by atoms with Crippen molar-refractivity contribution < 1.29 is 9.59 Å². The fourth-order valence-corrected chi connectivity index (χ4v) is 2.07. The maximum absolute atomic E-state index is 12.1. The van der Waals surface area contributed by atoms with Crippen LogP contribution in [0.4, 0.5) is 5.69 Å². The number of nitriles is 1. The van der Waals surface area contributed by atoms with Crippen LogP contribution in [0.1, 0.15) is 11.5 Å². The number of hydrogen-bond acceptors (Lipinski definition) is 3. The molecule has 0 saturated heterocycles. The molecule has 1 amide bonds. The quantitative estimate of drug-likeness (QED) is 0.881. The highest BCUT2D eigenvalue weighted by Crippen LogP contribution is 2.25. The molecule has 104 valence electrons. The van der Waals surface area contributed by atoms with Gasteiger partial charge in [-0.25, -0.2) is 0 Å². The summed E-state index contributed by atoms with van der Waals surface area (Å²) in [5, 5.41) is 11.9. The van der Waals surface area contributed by atoms with Gasteiger partial charge in [-0.3, -0.25) is 9.59 Å². The third-order valence-corrected chi connectivity index (χ3v) is 3.21. The molecule has 5 heteroatoms. The van der Waals surface area contributed by atoms with Crippen molar-refractivity contribution in [3.8, 4) is 6.07 Å². The Kier molecular flexibility index (Phi) is 4.70. The standard InChI is InChI=1S/C16H11ClN2O2/c17-14-9-5-4-8-12(14)13(10-18)15(20)16(21)19-11-6-2-1-3-7-11/h1-9,13H,(H,19,21). The fourth-order valence-electron chi connectivity index (χ4n) is 1.82. The largest absolute Gasteiger partial charge is 0.319 e. The highest BCUT2D eigenvalue weighted by molar-refractivity contribution is 6.43. The lowest BCUT2D eigenvalue weighted by atomic mass is 9.95. The number of nitrogens with one attached hydrogen (secondary N) is 1. The number of ketones is 1. The normalized spacial score (nSPS) is 11.2. The van der Waals surface area contributed by atoms with E-state index in [1.807, 2.05) is 6.07 Å². The molecular formula is C16H11ClN2O2. The summed E-state index contributed by atoms with van der Waals surface area (Å²) in [7, 11) is 0. The van der Waals surface area contributed by atoms with Crippen LogP contribution in [0.2, 0.25) is 5.02 Å². The van der Waals surface area contributed by atoms with Gasteiger partial charge in [-0.2, -0.15) is 5.26 Å². The summed E-state index contributed by atoms with van der Waals surface area (Å²) in [6.45, 7) is 0. The number of benzene rings is 2. The third-order valence-electron chi connectivity index (χ3n) is 2.86. The Morgan fingerprint density at radius 3 is 2.29 bits per heavy atom. The molecule has 0 heterocycles. The van der Waals surface area contributed by atoms with Gasteiger partial charge in [0.25, 0.3) is 5.91 Å². The van der Waals surface area contributed by atoms with Gasteiger partial charge >= 0.3 is 0 Å². The molecule has 1 N–H and O–H groups in total. The van der Waals surface area contributed by atoms with Crippen molar-refractivity contribution in [3.05, 3.63) is 65.2 Å². The van der Waals surface area contributed by atoms with Crippen molar-refractivity contribution in [2.45, 2.75) is 5.92 Å². The Balaban J connectivity index is 2.20. The van der Waals surface area contributed by atoms with Crippen LogP contribution >= 0.6 is 11.6 Å². The number of para-hydroxylation sites is 1. The molecule has 2 rings (SSSR count). The van der Waals surface area contributed by atoms with E-state index in [0.29, 0.717) is 11.3 Å². The molecule has 2 aromatic rings. The van der Waals surface area contributed by atoms with Gasteiger partial charge < -0.3 is 5.32 Å². The van der Waals surface area contributed by atoms with Gasteiger partial charge in [-0.1, -0.05) is 48.0 Å². The first-order chi connectivity index (χ1) is 10.1. The smallest absolute Gasteiger partial charge is 0.293 e. The third kappa shape index (κ3) is 3.47. The predicted octanol–water partition coefficient (Wildman–Crippen LogP) is 3.15. The van der Waals surface area contributed by atoms with E-state index in [9.17, 15) is 14.9 Å². The summed E-state index contributed by atoms with van der Waals surface area (Å²) in [6, 6.07) is 16.9. The monoisotopic (exact) mass is 298 g/mol. The SMILES string of the molecule is N#CC(C(=O)C(=O)Nc1ccccc1)c1ccccc1Cl. The van der Waals surface area contributed by atoms with Crippen LogP contribution < -0.4 is 5.32 Å². The zero-order valence-corrected chi connectivity index (χ0v) is 11.7. The van der Waals surface area contributed by atoms with E-state index < -0.39 is 17.6 Å². The highest BCUT2D eigenvalue weighted by Gasteiger charge is 2.28. The number of hydrogen-bond donors (Lipinski definition) is 1. The second kappa shape index (κ2) is 6.69. The first-order valence-electron chi connectivity index (χ1n) is 6.17. The summed E-state index contributed by atoms with van der Waals surface area (Å²) in [5.41, 5.74) is 0.821. The predicted molar refractivity (Wildman–Crippen MR) is 79.9 cm³/mol. The number of anilines is 1. The summed E-state index contributed by atoms with van der Waals surface area (Å²) < 4.78 is 0. The van der Waals surface area contributed by atoms with E-state index in [2.05, 4.69) is 5.32 Å². The number of halogens is 1. The maximum atomic E-state index is 12.1. The topological polar surface area (TPSA) is 70.0 Å². The minimum absolute atomic E-state index is 0.282. The number of amides is 1. The lowest BCUT2D eigenvalue weighted by Gasteiger charge is -2.10. The van der Waals surface area contributed by atoms with Crippen LogP contribution in [0, 0.1) is 11.3 Å². The van der Waals surface area contributed by atoms with Gasteiger partial charge in [0, 0.05) is 10.7 Å². The summed E-state index contributed by atoms with van der Waals surface area (Å²) in [5.74, 6) is -2.90. The Bertz CT molecular complexity index is 708. The minimum Gasteiger partial charge on any atom is -0.319 e. The van der Waals surface area contributed by atoms with Crippen LogP contribution in [0.15, 0.2) is 54.6 Å². The molecule has 0 spiro atoms. The van der Waals surface area contributed by atoms with Crippen LogP contribution in [-0.2, 0) is 9.59 Å². The van der Waals surface area contributed by atoms with E-state index in [1.165, 1.54) is 0 Å². The van der Waals surface area contributed by atoms with Crippen molar-refractivity contribution in [1.82, 2.24) is 0 Å². The molecule has 0 aliphatic heterocycles. The van der Waals surface area contributed by atoms with Crippen molar-refractivity contribution in [3.63, 3.8) is 0 Å². The van der Waals surface area contributed by atoms with Gasteiger partial charge in [0.1, 0.15) is 5.92 Å². The molecule has 0 aliphatic carbocycles.